The predicted octanol–water partition coefficient (Wildman–Crippen LogP) is 3.36. The number of ketones is 1. The first-order chi connectivity index (χ1) is 10.8. The molecule has 0 saturated carbocycles. The molecule has 3 N–H and O–H groups in total. The normalized spacial score (nSPS) is 13.7. The fourth-order valence-electron chi connectivity index (χ4n) is 2.71. The van der Waals surface area contributed by atoms with E-state index < -0.39 is 0 Å². The Labute approximate surface area is 136 Å². The van der Waals surface area contributed by atoms with Crippen LogP contribution in [0, 0.1) is 5.92 Å². The summed E-state index contributed by atoms with van der Waals surface area (Å²) in [6, 6.07) is 2.66. The highest BCUT2D eigenvalue weighted by molar-refractivity contribution is 6.22. The molecule has 0 spiro atoms. The lowest BCUT2D eigenvalue weighted by Gasteiger charge is -2.11. The van der Waals surface area contributed by atoms with Gasteiger partial charge in [0.1, 0.15) is 0 Å². The van der Waals surface area contributed by atoms with Gasteiger partial charge in [0.05, 0.1) is 5.70 Å². The number of amides is 1. The number of Topliss-reactive ketones (excluding diaryl/α,β-unsaturated/α-hetero) is 1. The number of hydrogen-bond acceptors (Lipinski definition) is 4. The van der Waals surface area contributed by atoms with Gasteiger partial charge in [-0.05, 0) is 42.0 Å². The lowest BCUT2D eigenvalue weighted by atomic mass is 9.96. The summed E-state index contributed by atoms with van der Waals surface area (Å²) in [5, 5.41) is 22.1. The van der Waals surface area contributed by atoms with Gasteiger partial charge in [0, 0.05) is 12.0 Å². The first-order valence-corrected chi connectivity index (χ1v) is 7.99. The molecule has 0 saturated heterocycles. The Morgan fingerprint density at radius 2 is 1.78 bits per heavy atom. The molecule has 2 rings (SSSR count). The number of unbranched alkanes of at least 4 members (excludes halogenated alkanes) is 1. The summed E-state index contributed by atoms with van der Waals surface area (Å²) in [5.74, 6) is -0.813. The molecular weight excluding hydrogens is 294 g/mol. The number of phenolic OH excluding ortho intramolecular Hbond substituents is 2. The summed E-state index contributed by atoms with van der Waals surface area (Å²) in [6.07, 6.45) is 2.64. The van der Waals surface area contributed by atoms with Crippen molar-refractivity contribution >= 4 is 17.3 Å². The van der Waals surface area contributed by atoms with Gasteiger partial charge in [-0.3, -0.25) is 9.59 Å². The van der Waals surface area contributed by atoms with E-state index in [-0.39, 0.29) is 34.8 Å². The highest BCUT2D eigenvalue weighted by Crippen LogP contribution is 2.41. The fraction of sp³-hybridized carbons (Fsp3) is 0.444. The molecule has 1 amide bonds. The topological polar surface area (TPSA) is 86.6 Å². The lowest BCUT2D eigenvalue weighted by molar-refractivity contribution is -0.120. The summed E-state index contributed by atoms with van der Waals surface area (Å²) in [4.78, 5) is 24.6. The Hall–Kier alpha value is -2.30. The molecule has 23 heavy (non-hydrogen) atoms. The van der Waals surface area contributed by atoms with Gasteiger partial charge in [0.15, 0.2) is 11.5 Å². The second-order valence-electron chi connectivity index (χ2n) is 6.32. The zero-order valence-electron chi connectivity index (χ0n) is 13.8. The number of fused-ring (bicyclic) bond motifs is 1. The zero-order valence-corrected chi connectivity index (χ0v) is 13.8. The molecule has 5 heteroatoms. The van der Waals surface area contributed by atoms with Crippen LogP contribution in [0.2, 0.25) is 0 Å². The molecule has 0 aliphatic heterocycles. The SMILES string of the molecule is CCCCC(=O)NC1=C(CC(C)C)c2cc(O)c(O)cc2C1=O. The van der Waals surface area contributed by atoms with Crippen molar-refractivity contribution < 1.29 is 19.8 Å². The first kappa shape index (κ1) is 17.1. The monoisotopic (exact) mass is 317 g/mol. The summed E-state index contributed by atoms with van der Waals surface area (Å²) in [7, 11) is 0. The van der Waals surface area contributed by atoms with Crippen molar-refractivity contribution in [3.8, 4) is 11.5 Å². The van der Waals surface area contributed by atoms with E-state index in [1.165, 1.54) is 12.1 Å². The molecule has 0 radical (unpaired) electrons. The molecule has 1 aliphatic carbocycles. The third kappa shape index (κ3) is 3.55. The van der Waals surface area contributed by atoms with E-state index in [0.717, 1.165) is 18.4 Å². The minimum atomic E-state index is -0.334. The van der Waals surface area contributed by atoms with Crippen molar-refractivity contribution in [1.29, 1.82) is 0 Å². The maximum atomic E-state index is 12.6. The van der Waals surface area contributed by atoms with E-state index in [2.05, 4.69) is 5.32 Å². The third-order valence-electron chi connectivity index (χ3n) is 3.85. The molecule has 0 fully saturated rings. The summed E-state index contributed by atoms with van der Waals surface area (Å²) in [5.41, 5.74) is 1.91. The van der Waals surface area contributed by atoms with Crippen LogP contribution in [0.5, 0.6) is 11.5 Å². The molecular formula is C18H23NO4. The molecule has 5 nitrogen and oxygen atoms in total. The van der Waals surface area contributed by atoms with Crippen molar-refractivity contribution in [2.45, 2.75) is 46.5 Å². The number of nitrogens with one attached hydrogen (secondary N) is 1. The van der Waals surface area contributed by atoms with Gasteiger partial charge in [-0.1, -0.05) is 27.2 Å². The molecule has 1 aromatic carbocycles. The Morgan fingerprint density at radius 3 is 2.35 bits per heavy atom. The largest absolute Gasteiger partial charge is 0.504 e. The van der Waals surface area contributed by atoms with Gasteiger partial charge < -0.3 is 15.5 Å². The van der Waals surface area contributed by atoms with E-state index >= 15 is 0 Å². The molecule has 124 valence electrons. The first-order valence-electron chi connectivity index (χ1n) is 7.99. The number of benzene rings is 1. The molecule has 0 bridgehead atoms. The fourth-order valence-corrected chi connectivity index (χ4v) is 2.71. The number of rotatable bonds is 6. The van der Waals surface area contributed by atoms with Crippen molar-refractivity contribution in [3.63, 3.8) is 0 Å². The van der Waals surface area contributed by atoms with Gasteiger partial charge in [0.25, 0.3) is 0 Å². The van der Waals surface area contributed by atoms with Crippen LogP contribution in [-0.4, -0.2) is 21.9 Å². The van der Waals surface area contributed by atoms with Gasteiger partial charge >= 0.3 is 0 Å². The molecule has 0 aromatic heterocycles. The van der Waals surface area contributed by atoms with Crippen molar-refractivity contribution in [2.75, 3.05) is 0 Å². The number of hydrogen-bond donors (Lipinski definition) is 3. The average molecular weight is 317 g/mol. The van der Waals surface area contributed by atoms with E-state index in [1.54, 1.807) is 0 Å². The molecule has 0 unspecified atom stereocenters. The lowest BCUT2D eigenvalue weighted by Crippen LogP contribution is -2.26. The Morgan fingerprint density at radius 1 is 1.17 bits per heavy atom. The van der Waals surface area contributed by atoms with Crippen LogP contribution in [0.25, 0.3) is 5.57 Å². The Bertz CT molecular complexity index is 674. The maximum absolute atomic E-state index is 12.6. The Balaban J connectivity index is 2.41. The van der Waals surface area contributed by atoms with Crippen LogP contribution >= 0.6 is 0 Å². The minimum absolute atomic E-state index is 0.183. The summed E-state index contributed by atoms with van der Waals surface area (Å²) in [6.45, 7) is 6.04. The van der Waals surface area contributed by atoms with Crippen LogP contribution in [0.15, 0.2) is 17.8 Å². The number of carbonyl (C=O) groups is 2. The quantitative estimate of drug-likeness (QED) is 0.702. The van der Waals surface area contributed by atoms with Crippen molar-refractivity contribution in [1.82, 2.24) is 5.32 Å². The second-order valence-corrected chi connectivity index (χ2v) is 6.32. The highest BCUT2D eigenvalue weighted by atomic mass is 16.3. The van der Waals surface area contributed by atoms with Crippen molar-refractivity contribution in [2.24, 2.45) is 5.92 Å². The van der Waals surface area contributed by atoms with Crippen LogP contribution in [0.4, 0.5) is 0 Å². The van der Waals surface area contributed by atoms with E-state index in [1.807, 2.05) is 20.8 Å². The van der Waals surface area contributed by atoms with Crippen LogP contribution in [0.3, 0.4) is 0 Å². The smallest absolute Gasteiger partial charge is 0.224 e. The molecule has 1 aromatic rings. The number of aromatic hydroxyl groups is 2. The van der Waals surface area contributed by atoms with E-state index in [0.29, 0.717) is 24.0 Å². The van der Waals surface area contributed by atoms with Crippen molar-refractivity contribution in [3.05, 3.63) is 29.0 Å². The standard InChI is InChI=1S/C18H23NO4/c1-4-5-6-16(22)19-17-12(7-10(2)3)11-8-14(20)15(21)9-13(11)18(17)23/h8-10,20-21H,4-7H2,1-3H3,(H,19,22,23). The van der Waals surface area contributed by atoms with Gasteiger partial charge in [0.2, 0.25) is 11.7 Å². The minimum Gasteiger partial charge on any atom is -0.504 e. The third-order valence-corrected chi connectivity index (χ3v) is 3.85. The summed E-state index contributed by atoms with van der Waals surface area (Å²) < 4.78 is 0. The molecule has 0 heterocycles. The number of allylic oxidation sites excluding steroid dienone is 2. The van der Waals surface area contributed by atoms with Crippen LogP contribution in [0.1, 0.15) is 62.4 Å². The van der Waals surface area contributed by atoms with Gasteiger partial charge in [-0.25, -0.2) is 0 Å². The number of phenols is 2. The summed E-state index contributed by atoms with van der Waals surface area (Å²) >= 11 is 0. The van der Waals surface area contributed by atoms with Gasteiger partial charge in [-0.15, -0.1) is 0 Å². The molecule has 0 atom stereocenters. The maximum Gasteiger partial charge on any atom is 0.224 e. The zero-order chi connectivity index (χ0) is 17.1. The molecule has 1 aliphatic rings. The van der Waals surface area contributed by atoms with E-state index in [9.17, 15) is 19.8 Å². The van der Waals surface area contributed by atoms with E-state index in [4.69, 9.17) is 0 Å². The van der Waals surface area contributed by atoms with Gasteiger partial charge in [-0.2, -0.15) is 0 Å². The highest BCUT2D eigenvalue weighted by Gasteiger charge is 2.32. The van der Waals surface area contributed by atoms with Crippen LogP contribution in [-0.2, 0) is 4.79 Å². The second kappa shape index (κ2) is 6.86. The Kier molecular flexibility index (Phi) is 5.08. The predicted molar refractivity (Wildman–Crippen MR) is 88.1 cm³/mol. The number of carbonyl (C=O) groups excluding carboxylic acids is 2. The average Bonchev–Trinajstić information content (AvgIpc) is 2.71. The van der Waals surface area contributed by atoms with Crippen LogP contribution < -0.4 is 5.32 Å².